The number of sulfone groups is 1. The minimum atomic E-state index is -5.67. The lowest BCUT2D eigenvalue weighted by molar-refractivity contribution is -0.284. The van der Waals surface area contributed by atoms with Crippen LogP contribution in [0.2, 0.25) is 0 Å². The second-order valence-corrected chi connectivity index (χ2v) is 17.8. The topological polar surface area (TPSA) is 55.8 Å². The monoisotopic (exact) mass is 723 g/mol. The molecule has 1 aromatic rings. The standard InChI is InChI=1S/C37H55F6NO4S/c1-44(20-9-23-49(45,46)22-8-17-36(39,40)37(41,42)43)19-5-2-3-10-28-24-27-13-14-29(38)25-31(27)30-15-18-35(16-7-11-32(35)34(28)30)26-48-33-12-4-6-21-47-33/h13-14,25,28,30,32-34H,2-12,15-24,26H2,1H3/t28-,30-,32+,33?,34-,35+/m1/s1. The van der Waals surface area contributed by atoms with Gasteiger partial charge in [0.2, 0.25) is 0 Å². The number of ether oxygens (including phenoxy) is 2. The van der Waals surface area contributed by atoms with E-state index in [0.29, 0.717) is 36.6 Å². The summed E-state index contributed by atoms with van der Waals surface area (Å²) < 4.78 is 115. The van der Waals surface area contributed by atoms with Gasteiger partial charge >= 0.3 is 12.1 Å². The van der Waals surface area contributed by atoms with Crippen LogP contribution in [-0.4, -0.2) is 76.6 Å². The Morgan fingerprint density at radius 2 is 1.71 bits per heavy atom. The molecule has 0 radical (unpaired) electrons. The molecule has 1 aliphatic heterocycles. The molecule has 2 saturated carbocycles. The summed E-state index contributed by atoms with van der Waals surface area (Å²) >= 11 is 0. The molecule has 1 unspecified atom stereocenters. The molecule has 12 heteroatoms. The fraction of sp³-hybridized carbons (Fsp3) is 0.838. The van der Waals surface area contributed by atoms with Gasteiger partial charge in [0.05, 0.1) is 18.1 Å². The third kappa shape index (κ3) is 9.95. The summed E-state index contributed by atoms with van der Waals surface area (Å²) in [5.41, 5.74) is 2.70. The van der Waals surface area contributed by atoms with Gasteiger partial charge < -0.3 is 14.4 Å². The van der Waals surface area contributed by atoms with Gasteiger partial charge in [-0.25, -0.2) is 12.8 Å². The average Bonchev–Trinajstić information content (AvgIpc) is 3.48. The molecule has 1 saturated heterocycles. The van der Waals surface area contributed by atoms with Crippen molar-refractivity contribution < 1.29 is 44.2 Å². The molecule has 280 valence electrons. The third-order valence-corrected chi connectivity index (χ3v) is 13.9. The maximum atomic E-state index is 14.5. The molecule has 1 aromatic carbocycles. The van der Waals surface area contributed by atoms with Gasteiger partial charge in [-0.3, -0.25) is 0 Å². The SMILES string of the molecule is CN(CCCCC[C@@H]1Cc2ccc(F)cc2[C@H]2CC[C@]3(COC4CCCCO4)CCC[C@H]3[C@H]12)CCCS(=O)(=O)CCCC(F)(F)C(F)(F)F. The van der Waals surface area contributed by atoms with Crippen molar-refractivity contribution in [3.05, 3.63) is 35.1 Å². The zero-order chi connectivity index (χ0) is 35.3. The highest BCUT2D eigenvalue weighted by Gasteiger charge is 2.57. The first-order valence-electron chi connectivity index (χ1n) is 18.5. The number of halogens is 6. The van der Waals surface area contributed by atoms with Crippen LogP contribution in [0.4, 0.5) is 26.3 Å². The average molecular weight is 724 g/mol. The van der Waals surface area contributed by atoms with Crippen LogP contribution in [0.1, 0.15) is 113 Å². The molecule has 0 aromatic heterocycles. The number of hydrogen-bond acceptors (Lipinski definition) is 5. The van der Waals surface area contributed by atoms with Gasteiger partial charge in [0.15, 0.2) is 6.29 Å². The van der Waals surface area contributed by atoms with Crippen molar-refractivity contribution in [3.63, 3.8) is 0 Å². The first-order chi connectivity index (χ1) is 23.2. The Morgan fingerprint density at radius 3 is 2.47 bits per heavy atom. The quantitative estimate of drug-likeness (QED) is 0.119. The molecule has 6 atom stereocenters. The molecule has 0 spiro atoms. The van der Waals surface area contributed by atoms with E-state index in [2.05, 4.69) is 4.90 Å². The molecule has 0 N–H and O–H groups in total. The largest absolute Gasteiger partial charge is 0.453 e. The highest BCUT2D eigenvalue weighted by atomic mass is 32.2. The van der Waals surface area contributed by atoms with Crippen LogP contribution in [-0.2, 0) is 25.7 Å². The van der Waals surface area contributed by atoms with Crippen LogP contribution < -0.4 is 0 Å². The summed E-state index contributed by atoms with van der Waals surface area (Å²) in [4.78, 5) is 2.05. The highest BCUT2D eigenvalue weighted by molar-refractivity contribution is 7.91. The third-order valence-electron chi connectivity index (χ3n) is 12.1. The summed E-state index contributed by atoms with van der Waals surface area (Å²) in [5.74, 6) is -3.91. The predicted octanol–water partition coefficient (Wildman–Crippen LogP) is 9.10. The molecule has 5 nitrogen and oxygen atoms in total. The lowest BCUT2D eigenvalue weighted by Crippen LogP contribution is -2.47. The minimum absolute atomic E-state index is 0.0888. The molecular weight excluding hydrogens is 668 g/mol. The summed E-state index contributed by atoms with van der Waals surface area (Å²) in [6.07, 6.45) is 6.52. The summed E-state index contributed by atoms with van der Waals surface area (Å²) in [7, 11) is -1.79. The summed E-state index contributed by atoms with van der Waals surface area (Å²) in [6, 6.07) is 5.40. The molecule has 4 aliphatic rings. The Hall–Kier alpha value is -1.37. The maximum Gasteiger partial charge on any atom is 0.453 e. The molecule has 1 heterocycles. The van der Waals surface area contributed by atoms with Crippen molar-refractivity contribution in [2.75, 3.05) is 44.9 Å². The number of nitrogens with zero attached hydrogens (tertiary/aromatic N) is 1. The van der Waals surface area contributed by atoms with Crippen LogP contribution >= 0.6 is 0 Å². The van der Waals surface area contributed by atoms with Gasteiger partial charge in [0.25, 0.3) is 0 Å². The van der Waals surface area contributed by atoms with Crippen molar-refractivity contribution in [2.45, 2.75) is 127 Å². The van der Waals surface area contributed by atoms with E-state index < -0.39 is 40.5 Å². The molecule has 5 rings (SSSR count). The molecule has 0 bridgehead atoms. The zero-order valence-corrected chi connectivity index (χ0v) is 29.7. The van der Waals surface area contributed by atoms with E-state index in [9.17, 15) is 34.8 Å². The van der Waals surface area contributed by atoms with Crippen LogP contribution in [0, 0.1) is 29.0 Å². The van der Waals surface area contributed by atoms with Crippen LogP contribution in [0.5, 0.6) is 0 Å². The smallest absolute Gasteiger partial charge is 0.353 e. The number of rotatable bonds is 17. The van der Waals surface area contributed by atoms with E-state index >= 15 is 0 Å². The number of hydrogen-bond donors (Lipinski definition) is 0. The normalized spacial score (nSPS) is 29.1. The Bertz CT molecular complexity index is 1320. The second-order valence-electron chi connectivity index (χ2n) is 15.5. The number of unbranched alkanes of at least 4 members (excludes halogenated alkanes) is 2. The van der Waals surface area contributed by atoms with E-state index in [-0.39, 0.29) is 23.3 Å². The van der Waals surface area contributed by atoms with Crippen molar-refractivity contribution >= 4 is 9.84 Å². The fourth-order valence-corrected chi connectivity index (χ4v) is 10.9. The van der Waals surface area contributed by atoms with Crippen molar-refractivity contribution in [3.8, 4) is 0 Å². The molecule has 49 heavy (non-hydrogen) atoms. The summed E-state index contributed by atoms with van der Waals surface area (Å²) in [6.45, 7) is 2.84. The molecule has 0 amide bonds. The fourth-order valence-electron chi connectivity index (χ4n) is 9.56. The van der Waals surface area contributed by atoms with Crippen LogP contribution in [0.25, 0.3) is 0 Å². The minimum Gasteiger partial charge on any atom is -0.353 e. The zero-order valence-electron chi connectivity index (χ0n) is 28.9. The Kier molecular flexibility index (Phi) is 13.1. The Labute approximate surface area is 288 Å². The van der Waals surface area contributed by atoms with Crippen molar-refractivity contribution in [1.82, 2.24) is 4.90 Å². The van der Waals surface area contributed by atoms with Gasteiger partial charge in [0, 0.05) is 13.0 Å². The van der Waals surface area contributed by atoms with E-state index in [1.807, 2.05) is 13.1 Å². The Morgan fingerprint density at radius 1 is 0.939 bits per heavy atom. The van der Waals surface area contributed by atoms with Gasteiger partial charge in [-0.2, -0.15) is 22.0 Å². The predicted molar refractivity (Wildman–Crippen MR) is 178 cm³/mol. The van der Waals surface area contributed by atoms with E-state index in [1.54, 1.807) is 12.1 Å². The van der Waals surface area contributed by atoms with E-state index in [0.717, 1.165) is 84.0 Å². The summed E-state index contributed by atoms with van der Waals surface area (Å²) in [5, 5.41) is 0. The lowest BCUT2D eigenvalue weighted by Gasteiger charge is -2.53. The maximum absolute atomic E-state index is 14.5. The van der Waals surface area contributed by atoms with E-state index in [1.165, 1.54) is 30.4 Å². The first-order valence-corrected chi connectivity index (χ1v) is 20.4. The number of benzene rings is 1. The first kappa shape index (κ1) is 38.9. The lowest BCUT2D eigenvalue weighted by atomic mass is 9.52. The molecular formula is C37H55F6NO4S. The van der Waals surface area contributed by atoms with Crippen LogP contribution in [0.3, 0.4) is 0 Å². The van der Waals surface area contributed by atoms with Crippen molar-refractivity contribution in [2.24, 2.45) is 23.2 Å². The van der Waals surface area contributed by atoms with Crippen LogP contribution in [0.15, 0.2) is 18.2 Å². The van der Waals surface area contributed by atoms with E-state index in [4.69, 9.17) is 9.47 Å². The Balaban J connectivity index is 1.08. The van der Waals surface area contributed by atoms with Gasteiger partial charge in [-0.05, 0) is 150 Å². The number of alkyl halides is 5. The van der Waals surface area contributed by atoms with Gasteiger partial charge in [0.1, 0.15) is 15.7 Å². The second kappa shape index (κ2) is 16.5. The molecule has 3 aliphatic carbocycles. The molecule has 3 fully saturated rings. The van der Waals surface area contributed by atoms with Gasteiger partial charge in [-0.15, -0.1) is 0 Å². The number of fused-ring (bicyclic) bond motifs is 5. The highest BCUT2D eigenvalue weighted by Crippen LogP contribution is 2.63. The van der Waals surface area contributed by atoms with Crippen molar-refractivity contribution in [1.29, 1.82) is 0 Å². The van der Waals surface area contributed by atoms with Gasteiger partial charge in [-0.1, -0.05) is 25.3 Å².